The number of aromatic nitrogens is 1. The SMILES string of the molecule is Fc1cc(Nc2ncc(Cl)cc2Br)cc(F)c1F. The van der Waals surface area contributed by atoms with Crippen molar-refractivity contribution < 1.29 is 13.2 Å². The van der Waals surface area contributed by atoms with Crippen LogP contribution in [0.15, 0.2) is 28.9 Å². The molecule has 2 aromatic rings. The predicted molar refractivity (Wildman–Crippen MR) is 66.5 cm³/mol. The molecule has 1 N–H and O–H groups in total. The van der Waals surface area contributed by atoms with Gasteiger partial charge in [0.05, 0.1) is 9.50 Å². The van der Waals surface area contributed by atoms with Gasteiger partial charge in [0.1, 0.15) is 5.82 Å². The van der Waals surface area contributed by atoms with Crippen LogP contribution in [-0.4, -0.2) is 4.98 Å². The Morgan fingerprint density at radius 1 is 1.11 bits per heavy atom. The van der Waals surface area contributed by atoms with E-state index in [1.165, 1.54) is 6.20 Å². The van der Waals surface area contributed by atoms with Crippen LogP contribution in [0, 0.1) is 17.5 Å². The van der Waals surface area contributed by atoms with Gasteiger partial charge in [-0.3, -0.25) is 0 Å². The fraction of sp³-hybridized carbons (Fsp3) is 0. The van der Waals surface area contributed by atoms with Gasteiger partial charge >= 0.3 is 0 Å². The third-order valence-corrected chi connectivity index (χ3v) is 2.87. The van der Waals surface area contributed by atoms with Gasteiger partial charge in [-0.1, -0.05) is 11.6 Å². The molecule has 1 aromatic carbocycles. The summed E-state index contributed by atoms with van der Waals surface area (Å²) >= 11 is 8.89. The van der Waals surface area contributed by atoms with E-state index < -0.39 is 17.5 Å². The monoisotopic (exact) mass is 336 g/mol. The highest BCUT2D eigenvalue weighted by Crippen LogP contribution is 2.27. The van der Waals surface area contributed by atoms with E-state index in [9.17, 15) is 13.2 Å². The first-order valence-electron chi connectivity index (χ1n) is 4.70. The van der Waals surface area contributed by atoms with Crippen LogP contribution in [0.1, 0.15) is 0 Å². The zero-order valence-corrected chi connectivity index (χ0v) is 11.0. The van der Waals surface area contributed by atoms with Crippen molar-refractivity contribution >= 4 is 39.0 Å². The van der Waals surface area contributed by atoms with Gasteiger partial charge in [0.2, 0.25) is 0 Å². The summed E-state index contributed by atoms with van der Waals surface area (Å²) in [6.45, 7) is 0. The summed E-state index contributed by atoms with van der Waals surface area (Å²) in [7, 11) is 0. The lowest BCUT2D eigenvalue weighted by molar-refractivity contribution is 0.448. The van der Waals surface area contributed by atoms with E-state index in [-0.39, 0.29) is 5.69 Å². The molecule has 2 rings (SSSR count). The molecule has 1 heterocycles. The summed E-state index contributed by atoms with van der Waals surface area (Å²) in [5.41, 5.74) is 0.0434. The van der Waals surface area contributed by atoms with Gasteiger partial charge in [0.15, 0.2) is 17.5 Å². The summed E-state index contributed by atoms with van der Waals surface area (Å²) in [6.07, 6.45) is 1.37. The van der Waals surface area contributed by atoms with E-state index in [1.807, 2.05) is 0 Å². The molecule has 7 heteroatoms. The lowest BCUT2D eigenvalue weighted by Crippen LogP contribution is -1.98. The molecule has 0 unspecified atom stereocenters. The molecule has 0 saturated heterocycles. The first-order chi connectivity index (χ1) is 8.47. The number of hydrogen-bond donors (Lipinski definition) is 1. The zero-order valence-electron chi connectivity index (χ0n) is 8.65. The Hall–Kier alpha value is -1.27. The molecule has 0 amide bonds. The Balaban J connectivity index is 2.34. The van der Waals surface area contributed by atoms with Gasteiger partial charge in [0, 0.05) is 24.0 Å². The molecule has 0 atom stereocenters. The van der Waals surface area contributed by atoms with E-state index in [2.05, 4.69) is 26.2 Å². The van der Waals surface area contributed by atoms with E-state index in [4.69, 9.17) is 11.6 Å². The maximum absolute atomic E-state index is 13.0. The second-order valence-electron chi connectivity index (χ2n) is 3.36. The molecule has 18 heavy (non-hydrogen) atoms. The fourth-order valence-electron chi connectivity index (χ4n) is 1.27. The molecule has 0 aliphatic carbocycles. The van der Waals surface area contributed by atoms with Crippen molar-refractivity contribution in [2.24, 2.45) is 0 Å². The maximum Gasteiger partial charge on any atom is 0.194 e. The lowest BCUT2D eigenvalue weighted by Gasteiger charge is -2.08. The molecule has 0 spiro atoms. The standard InChI is InChI=1S/C11H5BrClF3N2/c12-7-1-5(13)4-17-11(7)18-6-2-8(14)10(16)9(15)3-6/h1-4H,(H,17,18). The van der Waals surface area contributed by atoms with Crippen LogP contribution >= 0.6 is 27.5 Å². The predicted octanol–water partition coefficient (Wildman–Crippen LogP) is 4.66. The summed E-state index contributed by atoms with van der Waals surface area (Å²) in [6, 6.07) is 3.23. The van der Waals surface area contributed by atoms with Crippen LogP contribution in [0.25, 0.3) is 0 Å². The molecule has 0 fully saturated rings. The van der Waals surface area contributed by atoms with Crippen molar-refractivity contribution in [2.45, 2.75) is 0 Å². The van der Waals surface area contributed by atoms with Crippen molar-refractivity contribution in [2.75, 3.05) is 5.32 Å². The highest BCUT2D eigenvalue weighted by Gasteiger charge is 2.11. The second kappa shape index (κ2) is 5.16. The van der Waals surface area contributed by atoms with Crippen LogP contribution in [-0.2, 0) is 0 Å². The second-order valence-corrected chi connectivity index (χ2v) is 4.65. The van der Waals surface area contributed by atoms with E-state index in [1.54, 1.807) is 6.07 Å². The van der Waals surface area contributed by atoms with E-state index in [0.717, 1.165) is 12.1 Å². The summed E-state index contributed by atoms with van der Waals surface area (Å²) in [5.74, 6) is -3.75. The van der Waals surface area contributed by atoms with Crippen LogP contribution in [0.5, 0.6) is 0 Å². The number of nitrogens with one attached hydrogen (secondary N) is 1. The normalized spacial score (nSPS) is 10.5. The molecule has 0 aliphatic heterocycles. The van der Waals surface area contributed by atoms with Gasteiger partial charge in [-0.2, -0.15) is 0 Å². The van der Waals surface area contributed by atoms with Gasteiger partial charge in [-0.15, -0.1) is 0 Å². The van der Waals surface area contributed by atoms with E-state index in [0.29, 0.717) is 15.3 Å². The Bertz CT molecular complexity index is 584. The van der Waals surface area contributed by atoms with Gasteiger partial charge in [-0.05, 0) is 22.0 Å². The number of pyridine rings is 1. The summed E-state index contributed by atoms with van der Waals surface area (Å²) in [4.78, 5) is 3.93. The highest BCUT2D eigenvalue weighted by molar-refractivity contribution is 9.10. The smallest absolute Gasteiger partial charge is 0.194 e. The van der Waals surface area contributed by atoms with Crippen LogP contribution < -0.4 is 5.32 Å². The maximum atomic E-state index is 13.0. The quantitative estimate of drug-likeness (QED) is 0.806. The van der Waals surface area contributed by atoms with Crippen molar-refractivity contribution in [1.29, 1.82) is 0 Å². The minimum atomic E-state index is -1.51. The zero-order chi connectivity index (χ0) is 13.3. The Morgan fingerprint density at radius 2 is 1.72 bits per heavy atom. The van der Waals surface area contributed by atoms with Crippen LogP contribution in [0.2, 0.25) is 5.02 Å². The number of hydrogen-bond acceptors (Lipinski definition) is 2. The third-order valence-electron chi connectivity index (χ3n) is 2.05. The molecule has 94 valence electrons. The molecule has 2 nitrogen and oxygen atoms in total. The van der Waals surface area contributed by atoms with Gasteiger partial charge in [-0.25, -0.2) is 18.2 Å². The first-order valence-corrected chi connectivity index (χ1v) is 5.87. The molecule has 1 aromatic heterocycles. The molecule has 0 radical (unpaired) electrons. The molecular formula is C11H5BrClF3N2. The number of nitrogens with zero attached hydrogens (tertiary/aromatic N) is 1. The summed E-state index contributed by atoms with van der Waals surface area (Å²) < 4.78 is 39.3. The van der Waals surface area contributed by atoms with Crippen molar-refractivity contribution in [3.05, 3.63) is 51.3 Å². The number of halogens is 5. The fourth-order valence-corrected chi connectivity index (χ4v) is 2.01. The Morgan fingerprint density at radius 3 is 2.28 bits per heavy atom. The van der Waals surface area contributed by atoms with E-state index >= 15 is 0 Å². The average Bonchev–Trinajstić information content (AvgIpc) is 2.29. The molecule has 0 aliphatic rings. The number of rotatable bonds is 2. The number of benzene rings is 1. The van der Waals surface area contributed by atoms with Gasteiger partial charge in [0.25, 0.3) is 0 Å². The molecular weight excluding hydrogens is 332 g/mol. The lowest BCUT2D eigenvalue weighted by atomic mass is 10.3. The highest BCUT2D eigenvalue weighted by atomic mass is 79.9. The molecule has 0 saturated carbocycles. The van der Waals surface area contributed by atoms with Crippen molar-refractivity contribution in [3.63, 3.8) is 0 Å². The van der Waals surface area contributed by atoms with Crippen LogP contribution in [0.4, 0.5) is 24.7 Å². The largest absolute Gasteiger partial charge is 0.339 e. The van der Waals surface area contributed by atoms with Crippen molar-refractivity contribution in [1.82, 2.24) is 4.98 Å². The Kier molecular flexibility index (Phi) is 3.77. The van der Waals surface area contributed by atoms with Crippen molar-refractivity contribution in [3.8, 4) is 0 Å². The molecule has 0 bridgehead atoms. The first kappa shape index (κ1) is 13.2. The van der Waals surface area contributed by atoms with Crippen LogP contribution in [0.3, 0.4) is 0 Å². The number of anilines is 2. The topological polar surface area (TPSA) is 24.9 Å². The summed E-state index contributed by atoms with van der Waals surface area (Å²) in [5, 5.41) is 3.05. The third kappa shape index (κ3) is 2.76. The Labute approximate surface area is 114 Å². The average molecular weight is 338 g/mol. The van der Waals surface area contributed by atoms with Gasteiger partial charge < -0.3 is 5.32 Å². The minimum absolute atomic E-state index is 0.0434. The minimum Gasteiger partial charge on any atom is -0.339 e.